The number of likely N-dealkylation sites (N-methyl/N-ethyl adjacent to an activating group) is 1. The molecule has 116 valence electrons. The van der Waals surface area contributed by atoms with Crippen LogP contribution >= 0.6 is 11.8 Å². The third kappa shape index (κ3) is 3.43. The minimum atomic E-state index is -0.705. The summed E-state index contributed by atoms with van der Waals surface area (Å²) in [7, 11) is 1.78. The van der Waals surface area contributed by atoms with Gasteiger partial charge >= 0.3 is 5.97 Å². The summed E-state index contributed by atoms with van der Waals surface area (Å²) in [6.45, 7) is 4.25. The minimum Gasteiger partial charge on any atom is -0.480 e. The highest BCUT2D eigenvalue weighted by molar-refractivity contribution is 7.99. The molecule has 2 atom stereocenters. The summed E-state index contributed by atoms with van der Waals surface area (Å²) in [4.78, 5) is 12.9. The molecule has 0 saturated heterocycles. The Kier molecular flexibility index (Phi) is 5.33. The first-order valence-electron chi connectivity index (χ1n) is 7.62. The Morgan fingerprint density at radius 2 is 2.19 bits per heavy atom. The van der Waals surface area contributed by atoms with Gasteiger partial charge in [-0.1, -0.05) is 12.5 Å². The van der Waals surface area contributed by atoms with Crippen LogP contribution in [0.3, 0.4) is 0 Å². The first-order chi connectivity index (χ1) is 9.99. The van der Waals surface area contributed by atoms with Crippen LogP contribution in [0.2, 0.25) is 0 Å². The molecule has 0 aromatic heterocycles. The Morgan fingerprint density at radius 3 is 2.81 bits per heavy atom. The highest BCUT2D eigenvalue weighted by Crippen LogP contribution is 2.39. The van der Waals surface area contributed by atoms with Crippen molar-refractivity contribution in [1.82, 2.24) is 5.32 Å². The number of carboxylic acids is 1. The second-order valence-corrected chi connectivity index (χ2v) is 7.17. The molecular formula is C17H25NO2S. The largest absolute Gasteiger partial charge is 0.480 e. The van der Waals surface area contributed by atoms with Crippen molar-refractivity contribution in [3.05, 3.63) is 29.3 Å². The molecule has 1 saturated carbocycles. The first-order valence-corrected chi connectivity index (χ1v) is 8.60. The lowest BCUT2D eigenvalue weighted by molar-refractivity contribution is -0.146. The van der Waals surface area contributed by atoms with Crippen molar-refractivity contribution in [3.8, 4) is 0 Å². The molecule has 2 rings (SSSR count). The molecule has 1 aromatic carbocycles. The minimum absolute atomic E-state index is 0.235. The number of aryl methyl sites for hydroxylation is 2. The molecule has 1 aromatic rings. The number of hydrogen-bond acceptors (Lipinski definition) is 3. The highest BCUT2D eigenvalue weighted by Gasteiger charge is 2.47. The molecular weight excluding hydrogens is 282 g/mol. The van der Waals surface area contributed by atoms with E-state index in [4.69, 9.17) is 0 Å². The number of benzene rings is 1. The number of aliphatic carboxylic acids is 1. The van der Waals surface area contributed by atoms with Gasteiger partial charge in [0.15, 0.2) is 0 Å². The predicted molar refractivity (Wildman–Crippen MR) is 88.0 cm³/mol. The van der Waals surface area contributed by atoms with Gasteiger partial charge in [0.25, 0.3) is 0 Å². The van der Waals surface area contributed by atoms with E-state index >= 15 is 0 Å². The van der Waals surface area contributed by atoms with Crippen LogP contribution in [-0.4, -0.2) is 29.4 Å². The van der Waals surface area contributed by atoms with Crippen LogP contribution in [-0.2, 0) is 4.79 Å². The number of carboxylic acid groups (broad SMARTS) is 1. The molecule has 3 nitrogen and oxygen atoms in total. The molecule has 0 bridgehead atoms. The van der Waals surface area contributed by atoms with E-state index in [1.807, 2.05) is 11.8 Å². The fraction of sp³-hybridized carbons (Fsp3) is 0.588. The van der Waals surface area contributed by atoms with Crippen molar-refractivity contribution in [2.24, 2.45) is 5.92 Å². The number of hydrogen-bond donors (Lipinski definition) is 2. The van der Waals surface area contributed by atoms with E-state index in [1.54, 1.807) is 7.05 Å². The molecule has 21 heavy (non-hydrogen) atoms. The van der Waals surface area contributed by atoms with E-state index in [9.17, 15) is 9.90 Å². The van der Waals surface area contributed by atoms with Crippen LogP contribution in [0.15, 0.2) is 23.1 Å². The van der Waals surface area contributed by atoms with Gasteiger partial charge < -0.3 is 10.4 Å². The van der Waals surface area contributed by atoms with E-state index in [2.05, 4.69) is 37.4 Å². The fourth-order valence-electron chi connectivity index (χ4n) is 3.31. The normalized spacial score (nSPS) is 25.2. The molecule has 4 heteroatoms. The molecule has 0 aliphatic heterocycles. The number of nitrogens with one attached hydrogen (secondary N) is 1. The van der Waals surface area contributed by atoms with Crippen molar-refractivity contribution in [3.63, 3.8) is 0 Å². The lowest BCUT2D eigenvalue weighted by Gasteiger charge is -2.31. The van der Waals surface area contributed by atoms with Gasteiger partial charge in [-0.3, -0.25) is 4.79 Å². The lowest BCUT2D eigenvalue weighted by atomic mass is 9.85. The molecule has 2 N–H and O–H groups in total. The number of rotatable bonds is 6. The standard InChI is InChI=1S/C17H25NO2S/c1-12-6-7-15(11-13(12)2)21-10-8-14-5-4-9-17(14,18-3)16(19)20/h6-7,11,14,18H,4-5,8-10H2,1-3H3,(H,19,20). The van der Waals surface area contributed by atoms with E-state index in [0.717, 1.165) is 31.4 Å². The van der Waals surface area contributed by atoms with Crippen molar-refractivity contribution >= 4 is 17.7 Å². The van der Waals surface area contributed by atoms with E-state index < -0.39 is 11.5 Å². The van der Waals surface area contributed by atoms with Crippen molar-refractivity contribution in [2.45, 2.75) is 50.0 Å². The van der Waals surface area contributed by atoms with Crippen LogP contribution < -0.4 is 5.32 Å². The topological polar surface area (TPSA) is 49.3 Å². The average Bonchev–Trinajstić information content (AvgIpc) is 2.87. The van der Waals surface area contributed by atoms with Gasteiger partial charge in [0.05, 0.1) is 0 Å². The summed E-state index contributed by atoms with van der Waals surface area (Å²) in [6.07, 6.45) is 3.72. The fourth-order valence-corrected chi connectivity index (χ4v) is 4.37. The summed E-state index contributed by atoms with van der Waals surface area (Å²) < 4.78 is 0. The maximum Gasteiger partial charge on any atom is 0.324 e. The second-order valence-electron chi connectivity index (χ2n) is 6.00. The third-order valence-corrected chi connectivity index (χ3v) is 5.89. The Labute approximate surface area is 131 Å². The van der Waals surface area contributed by atoms with E-state index in [-0.39, 0.29) is 5.92 Å². The van der Waals surface area contributed by atoms with Crippen molar-refractivity contribution in [1.29, 1.82) is 0 Å². The average molecular weight is 307 g/mol. The SMILES string of the molecule is CNC1(C(=O)O)CCCC1CCSc1ccc(C)c(C)c1. The molecule has 0 amide bonds. The van der Waals surface area contributed by atoms with Gasteiger partial charge in [0.2, 0.25) is 0 Å². The maximum absolute atomic E-state index is 11.6. The zero-order valence-electron chi connectivity index (χ0n) is 13.1. The van der Waals surface area contributed by atoms with Gasteiger partial charge in [-0.05, 0) is 75.1 Å². The Bertz CT molecular complexity index is 518. The van der Waals surface area contributed by atoms with Crippen molar-refractivity contribution in [2.75, 3.05) is 12.8 Å². The summed E-state index contributed by atoms with van der Waals surface area (Å²) in [6, 6.07) is 6.53. The maximum atomic E-state index is 11.6. The van der Waals surface area contributed by atoms with Gasteiger partial charge in [0, 0.05) is 4.90 Å². The molecule has 1 fully saturated rings. The van der Waals surface area contributed by atoms with Crippen LogP contribution in [0.25, 0.3) is 0 Å². The summed E-state index contributed by atoms with van der Waals surface area (Å²) >= 11 is 1.83. The first kappa shape index (κ1) is 16.4. The Hall–Kier alpha value is -1.00. The predicted octanol–water partition coefficient (Wildman–Crippen LogP) is 3.63. The van der Waals surface area contributed by atoms with Crippen LogP contribution in [0.5, 0.6) is 0 Å². The van der Waals surface area contributed by atoms with Crippen LogP contribution in [0, 0.1) is 19.8 Å². The van der Waals surface area contributed by atoms with Gasteiger partial charge in [0.1, 0.15) is 5.54 Å². The third-order valence-electron chi connectivity index (χ3n) is 4.86. The quantitative estimate of drug-likeness (QED) is 0.788. The van der Waals surface area contributed by atoms with Gasteiger partial charge in [-0.2, -0.15) is 0 Å². The molecule has 1 aliphatic carbocycles. The van der Waals surface area contributed by atoms with E-state index in [1.165, 1.54) is 16.0 Å². The Balaban J connectivity index is 1.93. The molecule has 0 radical (unpaired) electrons. The zero-order valence-corrected chi connectivity index (χ0v) is 13.9. The molecule has 0 heterocycles. The molecule has 1 aliphatic rings. The smallest absolute Gasteiger partial charge is 0.324 e. The van der Waals surface area contributed by atoms with Crippen LogP contribution in [0.4, 0.5) is 0 Å². The van der Waals surface area contributed by atoms with Crippen LogP contribution in [0.1, 0.15) is 36.8 Å². The van der Waals surface area contributed by atoms with E-state index in [0.29, 0.717) is 0 Å². The molecule has 0 spiro atoms. The van der Waals surface area contributed by atoms with Gasteiger partial charge in [-0.25, -0.2) is 0 Å². The summed E-state index contributed by atoms with van der Waals surface area (Å²) in [5, 5.41) is 12.6. The van der Waals surface area contributed by atoms with Crippen molar-refractivity contribution < 1.29 is 9.90 Å². The zero-order chi connectivity index (χ0) is 15.5. The monoisotopic (exact) mass is 307 g/mol. The number of carbonyl (C=O) groups is 1. The Morgan fingerprint density at radius 1 is 1.43 bits per heavy atom. The highest BCUT2D eigenvalue weighted by atomic mass is 32.2. The lowest BCUT2D eigenvalue weighted by Crippen LogP contribution is -2.53. The number of thioether (sulfide) groups is 1. The van der Waals surface area contributed by atoms with Gasteiger partial charge in [-0.15, -0.1) is 11.8 Å². The molecule has 2 unspecified atom stereocenters. The summed E-state index contributed by atoms with van der Waals surface area (Å²) in [5.41, 5.74) is 1.93. The second kappa shape index (κ2) is 6.84. The summed E-state index contributed by atoms with van der Waals surface area (Å²) in [5.74, 6) is 0.520.